The van der Waals surface area contributed by atoms with E-state index in [1.54, 1.807) is 10.6 Å². The molecule has 0 heterocycles. The van der Waals surface area contributed by atoms with Gasteiger partial charge in [0.1, 0.15) is 0 Å². The van der Waals surface area contributed by atoms with Gasteiger partial charge in [-0.25, -0.2) is 0 Å². The van der Waals surface area contributed by atoms with Crippen LogP contribution in [0, 0.1) is 0 Å². The summed E-state index contributed by atoms with van der Waals surface area (Å²) < 4.78 is 0. The van der Waals surface area contributed by atoms with Crippen molar-refractivity contribution >= 4 is 98.7 Å². The Kier molecular flexibility index (Phi) is 11.1. The van der Waals surface area contributed by atoms with Gasteiger partial charge in [0.15, 0.2) is 0 Å². The monoisotopic (exact) mass is 584 g/mol. The van der Waals surface area contributed by atoms with E-state index in [-0.39, 0.29) is 23.8 Å². The van der Waals surface area contributed by atoms with Crippen LogP contribution in [0.3, 0.4) is 0 Å². The fraction of sp³-hybridized carbons (Fsp3) is 0.545. The Morgan fingerprint density at radius 3 is 1.42 bits per heavy atom. The molecule has 0 N–H and O–H groups in total. The first-order valence-corrected chi connectivity index (χ1v) is 27.8. The molecule has 0 fully saturated rings. The summed E-state index contributed by atoms with van der Waals surface area (Å²) in [4.78, 5) is 0. The van der Waals surface area contributed by atoms with Crippen molar-refractivity contribution in [1.82, 2.24) is 0 Å². The van der Waals surface area contributed by atoms with E-state index in [2.05, 4.69) is 89.7 Å². The van der Waals surface area contributed by atoms with Gasteiger partial charge in [-0.05, 0) is 98.7 Å². The molecule has 174 valence electrons. The largest absolute Gasteiger partial charge is 0.108 e. The molecule has 0 saturated carbocycles. The Balaban J connectivity index is 2.76. The van der Waals surface area contributed by atoms with Crippen molar-refractivity contribution in [3.05, 3.63) is 36.4 Å². The van der Waals surface area contributed by atoms with E-state index in [1.807, 2.05) is 0 Å². The second kappa shape index (κ2) is 11.8. The third kappa shape index (κ3) is 10.2. The molecule has 2 aromatic rings. The molecule has 0 nitrogen and oxygen atoms in total. The molecule has 9 heteroatoms. The van der Waals surface area contributed by atoms with E-state index in [0.29, 0.717) is 0 Å². The second-order valence-electron chi connectivity index (χ2n) is 10.1. The molecule has 0 spiro atoms. The predicted molar refractivity (Wildman–Crippen MR) is 174 cm³/mol. The van der Waals surface area contributed by atoms with Gasteiger partial charge in [0, 0.05) is 17.7 Å². The minimum atomic E-state index is -1.32. The average Bonchev–Trinajstić information content (AvgIpc) is 2.55. The van der Waals surface area contributed by atoms with Crippen LogP contribution in [0.4, 0.5) is 0 Å². The fourth-order valence-corrected chi connectivity index (χ4v) is 26.7. The molecule has 0 aromatic heterocycles. The van der Waals surface area contributed by atoms with Gasteiger partial charge in [0.2, 0.25) is 0 Å². The molecule has 0 saturated heterocycles. The normalized spacial score (nSPS) is 14.5. The molecule has 0 aliphatic rings. The van der Waals surface area contributed by atoms with Crippen molar-refractivity contribution < 1.29 is 0 Å². The Morgan fingerprint density at radius 2 is 1.03 bits per heavy atom. The molecule has 0 aliphatic carbocycles. The van der Waals surface area contributed by atoms with Crippen LogP contribution in [0.5, 0.6) is 0 Å². The zero-order valence-electron chi connectivity index (χ0n) is 20.2. The highest BCUT2D eigenvalue weighted by molar-refractivity contribution is 8.19. The van der Waals surface area contributed by atoms with Crippen LogP contribution in [0.1, 0.15) is 0 Å². The maximum Gasteiger partial charge on any atom is 0.000946 e. The average molecular weight is 585 g/mol. The number of rotatable bonds is 10. The molecule has 0 amide bonds. The first kappa shape index (κ1) is 29.2. The molecule has 2 aromatic carbocycles. The zero-order valence-corrected chi connectivity index (χ0v) is 28.0. The lowest BCUT2D eigenvalue weighted by Crippen LogP contribution is -2.17. The van der Waals surface area contributed by atoms with Crippen molar-refractivity contribution in [3.8, 4) is 0 Å². The highest BCUT2D eigenvalue weighted by atomic mass is 32.4. The molecule has 0 bridgehead atoms. The van der Waals surface area contributed by atoms with E-state index < -0.39 is 18.1 Å². The smallest absolute Gasteiger partial charge is 0.000946 e. The van der Waals surface area contributed by atoms with Gasteiger partial charge in [-0.3, -0.25) is 0 Å². The fourth-order valence-electron chi connectivity index (χ4n) is 3.80. The third-order valence-corrected chi connectivity index (χ3v) is 25.7. The number of hydrogen-bond acceptors (Lipinski definition) is 3. The topological polar surface area (TPSA) is 0 Å². The van der Waals surface area contributed by atoms with E-state index in [0.717, 1.165) is 0 Å². The molecule has 0 aliphatic heterocycles. The summed E-state index contributed by atoms with van der Waals surface area (Å²) in [5.74, 6) is 4.91. The SMILES string of the molecule is CP(C)CP(CP(C)(C)=S)c1cccc2cccc(P(CP(C)(C)=S)CP(C)(C)=S)c12. The highest BCUT2D eigenvalue weighted by Crippen LogP contribution is 2.61. The van der Waals surface area contributed by atoms with Gasteiger partial charge < -0.3 is 0 Å². The zero-order chi connectivity index (χ0) is 23.6. The Bertz CT molecular complexity index is 1020. The van der Waals surface area contributed by atoms with Crippen LogP contribution < -0.4 is 10.6 Å². The maximum atomic E-state index is 5.99. The maximum absolute atomic E-state index is 5.99. The molecular formula is C22H38P6S3. The minimum Gasteiger partial charge on any atom is -0.108 e. The van der Waals surface area contributed by atoms with Crippen molar-refractivity contribution in [2.45, 2.75) is 0 Å². The van der Waals surface area contributed by atoms with Crippen molar-refractivity contribution in [2.75, 3.05) is 76.9 Å². The van der Waals surface area contributed by atoms with Gasteiger partial charge in [-0.1, -0.05) is 87.7 Å². The summed E-state index contributed by atoms with van der Waals surface area (Å²) in [6.45, 7) is 18.8. The van der Waals surface area contributed by atoms with Gasteiger partial charge in [-0.2, -0.15) is 0 Å². The van der Waals surface area contributed by atoms with Crippen LogP contribution in [-0.2, 0) is 35.4 Å². The molecule has 1 atom stereocenters. The highest BCUT2D eigenvalue weighted by Gasteiger charge is 2.25. The van der Waals surface area contributed by atoms with Crippen LogP contribution in [0.2, 0.25) is 0 Å². The van der Waals surface area contributed by atoms with E-state index in [9.17, 15) is 0 Å². The summed E-state index contributed by atoms with van der Waals surface area (Å²) in [6, 6.07) is 10.1. The van der Waals surface area contributed by atoms with E-state index in [4.69, 9.17) is 35.4 Å². The van der Waals surface area contributed by atoms with Crippen LogP contribution >= 0.6 is 41.9 Å². The lowest BCUT2D eigenvalue weighted by atomic mass is 10.1. The van der Waals surface area contributed by atoms with Crippen molar-refractivity contribution in [1.29, 1.82) is 0 Å². The Labute approximate surface area is 210 Å². The molecule has 2 rings (SSSR count). The quantitative estimate of drug-likeness (QED) is 0.261. The van der Waals surface area contributed by atoms with Crippen molar-refractivity contribution in [3.63, 3.8) is 0 Å². The Hall–Kier alpha value is 1.94. The summed E-state index contributed by atoms with van der Waals surface area (Å²) >= 11 is 18.0. The lowest BCUT2D eigenvalue weighted by molar-refractivity contribution is 1.79. The number of hydrogen-bond donors (Lipinski definition) is 0. The van der Waals surface area contributed by atoms with Crippen LogP contribution in [0.15, 0.2) is 36.4 Å². The minimum absolute atomic E-state index is 0.0421. The van der Waals surface area contributed by atoms with Crippen LogP contribution in [0.25, 0.3) is 10.8 Å². The summed E-state index contributed by atoms with van der Waals surface area (Å²) in [6.07, 6.45) is 0. The standard InChI is InChI=1S/C22H38P6S3/c1-23(2)15-24(16-26(3,4)29)20-13-9-11-19-12-10-14-21(22(19)20)25(17-27(5,6)30)18-28(7,8)31/h9-14H,15-18H2,1-8H3. The summed E-state index contributed by atoms with van der Waals surface area (Å²) in [5.41, 5.74) is 0. The summed E-state index contributed by atoms with van der Waals surface area (Å²) in [7, 11) is -0.535. The predicted octanol–water partition coefficient (Wildman–Crippen LogP) is 7.84. The summed E-state index contributed by atoms with van der Waals surface area (Å²) in [5, 5.41) is 6.11. The molecular weight excluding hydrogens is 546 g/mol. The van der Waals surface area contributed by atoms with Gasteiger partial charge in [0.25, 0.3) is 0 Å². The van der Waals surface area contributed by atoms with Gasteiger partial charge in [0.05, 0.1) is 0 Å². The number of fused-ring (bicyclic) bond motifs is 1. The van der Waals surface area contributed by atoms with Gasteiger partial charge in [-0.15, -0.1) is 7.92 Å². The van der Waals surface area contributed by atoms with E-state index >= 15 is 0 Å². The third-order valence-electron chi connectivity index (χ3n) is 4.53. The van der Waals surface area contributed by atoms with E-state index in [1.165, 1.54) is 34.4 Å². The van der Waals surface area contributed by atoms with Gasteiger partial charge >= 0.3 is 0 Å². The molecule has 0 radical (unpaired) electrons. The first-order valence-electron chi connectivity index (χ1n) is 10.3. The van der Waals surface area contributed by atoms with Crippen molar-refractivity contribution in [2.24, 2.45) is 0 Å². The molecule has 1 unspecified atom stereocenters. The Morgan fingerprint density at radius 1 is 0.645 bits per heavy atom. The molecule has 31 heavy (non-hydrogen) atoms. The number of benzene rings is 2. The lowest BCUT2D eigenvalue weighted by Gasteiger charge is -2.30. The first-order chi connectivity index (χ1) is 14.1. The van der Waals surface area contributed by atoms with Crippen LogP contribution in [-0.4, -0.2) is 76.9 Å². The second-order valence-corrected chi connectivity index (χ2v) is 38.2.